The van der Waals surface area contributed by atoms with Crippen LogP contribution in [-0.2, 0) is 19.6 Å². The second-order valence-corrected chi connectivity index (χ2v) is 10.8. The molecule has 1 fully saturated rings. The number of thiophene rings is 1. The Kier molecular flexibility index (Phi) is 6.02. The monoisotopic (exact) mass is 455 g/mol. The molecule has 3 aromatic rings. The van der Waals surface area contributed by atoms with Gasteiger partial charge in [0.25, 0.3) is 5.91 Å². The van der Waals surface area contributed by atoms with Crippen LogP contribution >= 0.6 is 22.7 Å². The van der Waals surface area contributed by atoms with Crippen LogP contribution in [-0.4, -0.2) is 68.8 Å². The molecule has 156 valence electrons. The molecule has 0 radical (unpaired) electrons. The number of ether oxygens (including phenoxy) is 2. The van der Waals surface area contributed by atoms with E-state index in [9.17, 15) is 13.2 Å². The maximum absolute atomic E-state index is 12.3. The van der Waals surface area contributed by atoms with Crippen molar-refractivity contribution >= 4 is 58.9 Å². The molecule has 0 atom stereocenters. The van der Waals surface area contributed by atoms with Crippen LogP contribution in [0.2, 0.25) is 0 Å². The Morgan fingerprint density at radius 1 is 1.38 bits per heavy atom. The van der Waals surface area contributed by atoms with Crippen molar-refractivity contribution in [1.82, 2.24) is 14.6 Å². The molecule has 4 rings (SSSR count). The summed E-state index contributed by atoms with van der Waals surface area (Å²) in [7, 11) is -3.40. The molecule has 1 N–H and O–H groups in total. The van der Waals surface area contributed by atoms with Gasteiger partial charge in [-0.05, 0) is 18.4 Å². The average Bonchev–Trinajstić information content (AvgIpc) is 3.32. The maximum atomic E-state index is 12.3. The summed E-state index contributed by atoms with van der Waals surface area (Å²) in [6.45, 7) is 3.35. The molecule has 1 saturated heterocycles. The molecule has 11 heteroatoms. The number of aryl methyl sites for hydroxylation is 1. The van der Waals surface area contributed by atoms with Crippen LogP contribution in [0.25, 0.3) is 20.3 Å². The fraction of sp³-hybridized carbons (Fsp3) is 0.444. The molecular weight excluding hydrogens is 434 g/mol. The minimum Gasteiger partial charge on any atom is -0.483 e. The smallest absolute Gasteiger partial charge is 0.257 e. The van der Waals surface area contributed by atoms with Gasteiger partial charge in [0, 0.05) is 31.1 Å². The number of carbonyl (C=O) groups is 1. The van der Waals surface area contributed by atoms with E-state index in [4.69, 9.17) is 9.47 Å². The van der Waals surface area contributed by atoms with Crippen molar-refractivity contribution in [3.63, 3.8) is 0 Å². The Bertz CT molecular complexity index is 1130. The van der Waals surface area contributed by atoms with E-state index in [-0.39, 0.29) is 24.8 Å². The number of nitrogens with zero attached hydrogens (tertiary/aromatic N) is 2. The summed E-state index contributed by atoms with van der Waals surface area (Å²) in [6.07, 6.45) is 0. The molecule has 0 saturated carbocycles. The average molecular weight is 456 g/mol. The number of carbonyl (C=O) groups excluding carboxylic acids is 1. The van der Waals surface area contributed by atoms with Gasteiger partial charge in [0.1, 0.15) is 5.75 Å². The fourth-order valence-electron chi connectivity index (χ4n) is 3.17. The lowest BCUT2D eigenvalue weighted by Gasteiger charge is -2.26. The predicted octanol–water partition coefficient (Wildman–Crippen LogP) is 1.98. The predicted molar refractivity (Wildman–Crippen MR) is 114 cm³/mol. The van der Waals surface area contributed by atoms with E-state index in [1.165, 1.54) is 4.31 Å². The van der Waals surface area contributed by atoms with Gasteiger partial charge in [-0.3, -0.25) is 4.79 Å². The van der Waals surface area contributed by atoms with E-state index in [1.54, 1.807) is 22.7 Å². The summed E-state index contributed by atoms with van der Waals surface area (Å²) >= 11 is 3.18. The number of hydrogen-bond donors (Lipinski definition) is 1. The normalized spacial score (nSPS) is 15.8. The van der Waals surface area contributed by atoms with E-state index in [0.717, 1.165) is 25.3 Å². The van der Waals surface area contributed by atoms with Crippen LogP contribution in [0.5, 0.6) is 5.75 Å². The zero-order valence-corrected chi connectivity index (χ0v) is 18.3. The van der Waals surface area contributed by atoms with Gasteiger partial charge >= 0.3 is 0 Å². The van der Waals surface area contributed by atoms with Crippen molar-refractivity contribution in [3.05, 3.63) is 22.5 Å². The van der Waals surface area contributed by atoms with Crippen molar-refractivity contribution in [2.45, 2.75) is 6.92 Å². The summed E-state index contributed by atoms with van der Waals surface area (Å²) < 4.78 is 38.9. The van der Waals surface area contributed by atoms with Gasteiger partial charge in [0.15, 0.2) is 6.61 Å². The van der Waals surface area contributed by atoms with Crippen LogP contribution in [0, 0.1) is 6.92 Å². The third kappa shape index (κ3) is 4.53. The first-order valence-electron chi connectivity index (χ1n) is 9.16. The molecule has 3 heterocycles. The molecule has 0 bridgehead atoms. The zero-order valence-electron chi connectivity index (χ0n) is 15.8. The fourth-order valence-corrected chi connectivity index (χ4v) is 6.33. The minimum atomic E-state index is -3.40. The third-order valence-electron chi connectivity index (χ3n) is 4.57. The molecule has 1 aliphatic heterocycles. The Morgan fingerprint density at radius 3 is 2.97 bits per heavy atom. The largest absolute Gasteiger partial charge is 0.483 e. The summed E-state index contributed by atoms with van der Waals surface area (Å²) in [6, 6.07) is 3.86. The molecule has 1 aromatic carbocycles. The standard InChI is InChI=1S/C18H21N3O5S3/c1-12-20-17-15(28-12)10-14(13-2-8-27-18(13)17)26-11-16(22)19-3-9-29(23,24)21-4-6-25-7-5-21/h2,8,10H,3-7,9,11H2,1H3,(H,19,22). The van der Waals surface area contributed by atoms with Gasteiger partial charge in [-0.1, -0.05) is 0 Å². The first kappa shape index (κ1) is 20.5. The van der Waals surface area contributed by atoms with Crippen LogP contribution in [0.15, 0.2) is 17.5 Å². The first-order valence-corrected chi connectivity index (χ1v) is 12.5. The Morgan fingerprint density at radius 2 is 2.17 bits per heavy atom. The topological polar surface area (TPSA) is 97.8 Å². The zero-order chi connectivity index (χ0) is 20.4. The summed E-state index contributed by atoms with van der Waals surface area (Å²) in [5, 5.41) is 6.50. The van der Waals surface area contributed by atoms with Gasteiger partial charge in [-0.2, -0.15) is 4.31 Å². The molecule has 29 heavy (non-hydrogen) atoms. The van der Waals surface area contributed by atoms with Crippen molar-refractivity contribution in [2.75, 3.05) is 45.2 Å². The second-order valence-electron chi connectivity index (χ2n) is 6.58. The van der Waals surface area contributed by atoms with Gasteiger partial charge in [0.05, 0.1) is 38.9 Å². The van der Waals surface area contributed by atoms with Gasteiger partial charge in [-0.15, -0.1) is 22.7 Å². The Balaban J connectivity index is 1.34. The molecule has 0 spiro atoms. The molecule has 2 aromatic heterocycles. The Labute approximate surface area is 176 Å². The number of aromatic nitrogens is 1. The van der Waals surface area contributed by atoms with Gasteiger partial charge in [0.2, 0.25) is 10.0 Å². The molecular formula is C18H21N3O5S3. The number of morpholine rings is 1. The lowest BCUT2D eigenvalue weighted by Crippen LogP contribution is -2.44. The molecule has 1 aliphatic rings. The summed E-state index contributed by atoms with van der Waals surface area (Å²) in [5.41, 5.74) is 0.961. The second kappa shape index (κ2) is 8.52. The van der Waals surface area contributed by atoms with Crippen LogP contribution < -0.4 is 10.1 Å². The van der Waals surface area contributed by atoms with E-state index in [0.29, 0.717) is 32.1 Å². The van der Waals surface area contributed by atoms with E-state index in [1.807, 2.05) is 24.4 Å². The third-order valence-corrected chi connectivity index (χ3v) is 8.28. The highest BCUT2D eigenvalue weighted by atomic mass is 32.2. The van der Waals surface area contributed by atoms with Gasteiger partial charge < -0.3 is 14.8 Å². The van der Waals surface area contributed by atoms with E-state index in [2.05, 4.69) is 10.3 Å². The highest BCUT2D eigenvalue weighted by Gasteiger charge is 2.24. The number of fused-ring (bicyclic) bond motifs is 3. The number of nitrogens with one attached hydrogen (secondary N) is 1. The van der Waals surface area contributed by atoms with Crippen molar-refractivity contribution < 1.29 is 22.7 Å². The number of benzene rings is 1. The van der Waals surface area contributed by atoms with Crippen LogP contribution in [0.4, 0.5) is 0 Å². The van der Waals surface area contributed by atoms with Gasteiger partial charge in [-0.25, -0.2) is 13.4 Å². The molecule has 1 amide bonds. The minimum absolute atomic E-state index is 0.0445. The molecule has 0 aliphatic carbocycles. The molecule has 8 nitrogen and oxygen atoms in total. The number of rotatable bonds is 7. The lowest BCUT2D eigenvalue weighted by molar-refractivity contribution is -0.122. The Hall–Kier alpha value is -1.79. The first-order chi connectivity index (χ1) is 13.9. The van der Waals surface area contributed by atoms with Crippen molar-refractivity contribution in [3.8, 4) is 5.75 Å². The van der Waals surface area contributed by atoms with Crippen LogP contribution in [0.3, 0.4) is 0 Å². The summed E-state index contributed by atoms with van der Waals surface area (Å²) in [4.78, 5) is 16.7. The van der Waals surface area contributed by atoms with E-state index >= 15 is 0 Å². The quantitative estimate of drug-likeness (QED) is 0.585. The van der Waals surface area contributed by atoms with Crippen molar-refractivity contribution in [1.29, 1.82) is 0 Å². The SMILES string of the molecule is Cc1nc2c(cc(OCC(=O)NCCS(=O)(=O)N3CCOCC3)c3ccsc32)s1. The highest BCUT2D eigenvalue weighted by Crippen LogP contribution is 2.38. The summed E-state index contributed by atoms with van der Waals surface area (Å²) in [5.74, 6) is 0.138. The molecule has 0 unspecified atom stereocenters. The maximum Gasteiger partial charge on any atom is 0.257 e. The number of thiazole rings is 1. The highest BCUT2D eigenvalue weighted by molar-refractivity contribution is 7.89. The number of amides is 1. The van der Waals surface area contributed by atoms with E-state index < -0.39 is 10.0 Å². The lowest BCUT2D eigenvalue weighted by atomic mass is 10.2. The van der Waals surface area contributed by atoms with Crippen molar-refractivity contribution in [2.24, 2.45) is 0 Å². The number of sulfonamides is 1. The number of hydrogen-bond acceptors (Lipinski definition) is 8. The van der Waals surface area contributed by atoms with Crippen LogP contribution in [0.1, 0.15) is 5.01 Å².